The minimum atomic E-state index is -0.546. The van der Waals surface area contributed by atoms with Gasteiger partial charge in [0.2, 0.25) is 5.91 Å². The zero-order valence-corrected chi connectivity index (χ0v) is 10.2. The molecule has 6 heteroatoms. The van der Waals surface area contributed by atoms with Crippen molar-refractivity contribution in [1.29, 1.82) is 5.26 Å². The van der Waals surface area contributed by atoms with Gasteiger partial charge in [-0.2, -0.15) is 5.26 Å². The Balaban J connectivity index is 2.33. The molecule has 18 heavy (non-hydrogen) atoms. The van der Waals surface area contributed by atoms with Gasteiger partial charge in [-0.05, 0) is 12.1 Å². The third-order valence-electron chi connectivity index (χ3n) is 1.99. The highest BCUT2D eigenvalue weighted by molar-refractivity contribution is 6.33. The third kappa shape index (κ3) is 4.44. The van der Waals surface area contributed by atoms with Gasteiger partial charge < -0.3 is 10.1 Å². The van der Waals surface area contributed by atoms with Crippen LogP contribution in [0.4, 0.5) is 0 Å². The molecule has 0 bridgehead atoms. The van der Waals surface area contributed by atoms with E-state index < -0.39 is 11.9 Å². The van der Waals surface area contributed by atoms with Crippen molar-refractivity contribution in [3.8, 4) is 6.07 Å². The van der Waals surface area contributed by atoms with Crippen molar-refractivity contribution < 1.29 is 14.3 Å². The van der Waals surface area contributed by atoms with Gasteiger partial charge in [0, 0.05) is 0 Å². The highest BCUT2D eigenvalue weighted by Crippen LogP contribution is 2.15. The van der Waals surface area contributed by atoms with Crippen molar-refractivity contribution in [2.75, 3.05) is 13.2 Å². The van der Waals surface area contributed by atoms with E-state index in [2.05, 4.69) is 5.32 Å². The average molecular weight is 267 g/mol. The SMILES string of the molecule is N#CCC(=O)NCCOC(=O)c1ccccc1Cl. The normalized spacial score (nSPS) is 9.33. The molecule has 0 fully saturated rings. The summed E-state index contributed by atoms with van der Waals surface area (Å²) in [4.78, 5) is 22.5. The number of nitriles is 1. The number of esters is 1. The summed E-state index contributed by atoms with van der Waals surface area (Å²) >= 11 is 5.82. The van der Waals surface area contributed by atoms with Gasteiger partial charge >= 0.3 is 5.97 Å². The molecule has 0 aliphatic carbocycles. The molecule has 0 aliphatic rings. The summed E-state index contributed by atoms with van der Waals surface area (Å²) in [7, 11) is 0. The summed E-state index contributed by atoms with van der Waals surface area (Å²) in [5, 5.41) is 11.0. The van der Waals surface area contributed by atoms with Crippen LogP contribution >= 0.6 is 11.6 Å². The van der Waals surface area contributed by atoms with E-state index in [1.165, 1.54) is 0 Å². The van der Waals surface area contributed by atoms with Crippen LogP contribution in [0.5, 0.6) is 0 Å². The molecule has 0 saturated heterocycles. The molecule has 1 aromatic carbocycles. The second-order valence-electron chi connectivity index (χ2n) is 3.30. The Morgan fingerprint density at radius 1 is 1.39 bits per heavy atom. The average Bonchev–Trinajstić information content (AvgIpc) is 2.35. The summed E-state index contributed by atoms with van der Waals surface area (Å²) in [5.41, 5.74) is 0.280. The lowest BCUT2D eigenvalue weighted by atomic mass is 10.2. The maximum Gasteiger partial charge on any atom is 0.339 e. The first-order chi connectivity index (χ1) is 8.65. The van der Waals surface area contributed by atoms with Gasteiger partial charge in [-0.1, -0.05) is 23.7 Å². The lowest BCUT2D eigenvalue weighted by molar-refractivity contribution is -0.120. The first kappa shape index (κ1) is 14.0. The minimum absolute atomic E-state index is 0.0290. The molecule has 0 radical (unpaired) electrons. The number of halogens is 1. The zero-order chi connectivity index (χ0) is 13.4. The fraction of sp³-hybridized carbons (Fsp3) is 0.250. The Morgan fingerprint density at radius 3 is 2.78 bits per heavy atom. The van der Waals surface area contributed by atoms with Crippen molar-refractivity contribution in [1.82, 2.24) is 5.32 Å². The van der Waals surface area contributed by atoms with E-state index in [1.807, 2.05) is 0 Å². The Hall–Kier alpha value is -2.06. The highest BCUT2D eigenvalue weighted by atomic mass is 35.5. The summed E-state index contributed by atoms with van der Waals surface area (Å²) in [5.74, 6) is -0.943. The molecule has 1 aromatic rings. The molecule has 0 aliphatic heterocycles. The van der Waals surface area contributed by atoms with E-state index in [-0.39, 0.29) is 25.1 Å². The molecular formula is C12H11ClN2O3. The van der Waals surface area contributed by atoms with Gasteiger partial charge in [0.1, 0.15) is 13.0 Å². The minimum Gasteiger partial charge on any atom is -0.460 e. The monoisotopic (exact) mass is 266 g/mol. The summed E-state index contributed by atoms with van der Waals surface area (Å²) in [6, 6.07) is 8.25. The van der Waals surface area contributed by atoms with Crippen molar-refractivity contribution >= 4 is 23.5 Å². The number of hydrogen-bond donors (Lipinski definition) is 1. The van der Waals surface area contributed by atoms with Crippen molar-refractivity contribution in [3.05, 3.63) is 34.9 Å². The molecule has 0 aromatic heterocycles. The predicted octanol–water partition coefficient (Wildman–Crippen LogP) is 1.53. The Kier molecular flexibility index (Phi) is 5.68. The van der Waals surface area contributed by atoms with Crippen LogP contribution in [-0.2, 0) is 9.53 Å². The fourth-order valence-electron chi connectivity index (χ4n) is 1.17. The molecule has 94 valence electrons. The first-order valence-corrected chi connectivity index (χ1v) is 5.58. The molecule has 0 unspecified atom stereocenters. The van der Waals surface area contributed by atoms with E-state index in [4.69, 9.17) is 21.6 Å². The zero-order valence-electron chi connectivity index (χ0n) is 9.48. The number of hydrogen-bond acceptors (Lipinski definition) is 4. The van der Waals surface area contributed by atoms with Gasteiger partial charge in [0.15, 0.2) is 0 Å². The van der Waals surface area contributed by atoms with E-state index >= 15 is 0 Å². The number of amides is 1. The summed E-state index contributed by atoms with van der Waals surface area (Å²) in [6.45, 7) is 0.192. The highest BCUT2D eigenvalue weighted by Gasteiger charge is 2.10. The summed E-state index contributed by atoms with van der Waals surface area (Å²) < 4.78 is 4.92. The number of ether oxygens (including phenoxy) is 1. The Labute approximate surface area is 109 Å². The van der Waals surface area contributed by atoms with Gasteiger partial charge in [-0.25, -0.2) is 4.79 Å². The molecule has 1 N–H and O–H groups in total. The fourth-order valence-corrected chi connectivity index (χ4v) is 1.39. The van der Waals surface area contributed by atoms with Crippen LogP contribution in [0.15, 0.2) is 24.3 Å². The van der Waals surface area contributed by atoms with E-state index in [1.54, 1.807) is 30.3 Å². The molecule has 1 rings (SSSR count). The second-order valence-corrected chi connectivity index (χ2v) is 3.71. The smallest absolute Gasteiger partial charge is 0.339 e. The molecule has 0 atom stereocenters. The van der Waals surface area contributed by atoms with Gasteiger partial charge in [-0.3, -0.25) is 4.79 Å². The van der Waals surface area contributed by atoms with Crippen LogP contribution in [0.3, 0.4) is 0 Å². The molecule has 0 spiro atoms. The Morgan fingerprint density at radius 2 is 2.11 bits per heavy atom. The van der Waals surface area contributed by atoms with Crippen molar-refractivity contribution in [3.63, 3.8) is 0 Å². The number of carbonyl (C=O) groups is 2. The quantitative estimate of drug-likeness (QED) is 0.647. The molecule has 0 saturated carbocycles. The lowest BCUT2D eigenvalue weighted by Gasteiger charge is -2.06. The number of benzene rings is 1. The standard InChI is InChI=1S/C12H11ClN2O3/c13-10-4-2-1-3-9(10)12(17)18-8-7-15-11(16)5-6-14/h1-4H,5,7-8H2,(H,15,16). The van der Waals surface area contributed by atoms with Crippen LogP contribution < -0.4 is 5.32 Å². The molecule has 5 nitrogen and oxygen atoms in total. The van der Waals surface area contributed by atoms with E-state index in [9.17, 15) is 9.59 Å². The molecule has 0 heterocycles. The lowest BCUT2D eigenvalue weighted by Crippen LogP contribution is -2.27. The number of rotatable bonds is 5. The third-order valence-corrected chi connectivity index (χ3v) is 2.32. The van der Waals surface area contributed by atoms with Crippen molar-refractivity contribution in [2.24, 2.45) is 0 Å². The predicted molar refractivity (Wildman–Crippen MR) is 65.0 cm³/mol. The van der Waals surface area contributed by atoms with Gasteiger partial charge in [0.25, 0.3) is 0 Å². The van der Waals surface area contributed by atoms with Gasteiger partial charge in [-0.15, -0.1) is 0 Å². The maximum absolute atomic E-state index is 11.6. The van der Waals surface area contributed by atoms with E-state index in [0.29, 0.717) is 5.02 Å². The van der Waals surface area contributed by atoms with Crippen molar-refractivity contribution in [2.45, 2.75) is 6.42 Å². The van der Waals surface area contributed by atoms with Crippen LogP contribution in [0, 0.1) is 11.3 Å². The van der Waals surface area contributed by atoms with Crippen LogP contribution in [0.25, 0.3) is 0 Å². The second kappa shape index (κ2) is 7.30. The molecular weight excluding hydrogens is 256 g/mol. The summed E-state index contributed by atoms with van der Waals surface area (Å²) in [6.07, 6.45) is -0.210. The maximum atomic E-state index is 11.6. The Bertz CT molecular complexity index is 482. The first-order valence-electron chi connectivity index (χ1n) is 5.20. The largest absolute Gasteiger partial charge is 0.460 e. The molecule has 1 amide bonds. The van der Waals surface area contributed by atoms with E-state index in [0.717, 1.165) is 0 Å². The van der Waals surface area contributed by atoms with Crippen LogP contribution in [0.1, 0.15) is 16.8 Å². The van der Waals surface area contributed by atoms with Crippen LogP contribution in [0.2, 0.25) is 5.02 Å². The van der Waals surface area contributed by atoms with Crippen LogP contribution in [-0.4, -0.2) is 25.0 Å². The topological polar surface area (TPSA) is 79.2 Å². The number of carbonyl (C=O) groups excluding carboxylic acids is 2. The number of nitrogens with one attached hydrogen (secondary N) is 1. The van der Waals surface area contributed by atoms with Gasteiger partial charge in [0.05, 0.1) is 23.2 Å². The number of nitrogens with zero attached hydrogens (tertiary/aromatic N) is 1.